The highest BCUT2D eigenvalue weighted by atomic mass is 19.1. The van der Waals surface area contributed by atoms with Gasteiger partial charge in [0, 0.05) is 0 Å². The van der Waals surface area contributed by atoms with Gasteiger partial charge in [-0.25, -0.2) is 9.18 Å². The van der Waals surface area contributed by atoms with Crippen LogP contribution in [0.5, 0.6) is 0 Å². The third-order valence-electron chi connectivity index (χ3n) is 4.11. The van der Waals surface area contributed by atoms with E-state index in [-0.39, 0.29) is 5.56 Å². The predicted molar refractivity (Wildman–Crippen MR) is 91.9 cm³/mol. The number of rotatable bonds is 5. The van der Waals surface area contributed by atoms with Gasteiger partial charge in [0.2, 0.25) is 0 Å². The second-order valence-corrected chi connectivity index (χ2v) is 6.26. The Balaban J connectivity index is 2.20. The zero-order chi connectivity index (χ0) is 18.8. The molecule has 0 spiro atoms. The molecular weight excluding hydrogens is 325 g/mol. The average Bonchev–Trinajstić information content (AvgIpc) is 2.55. The second kappa shape index (κ2) is 7.03. The van der Waals surface area contributed by atoms with Gasteiger partial charge >= 0.3 is 5.97 Å². The van der Waals surface area contributed by atoms with Crippen molar-refractivity contribution in [2.24, 2.45) is 0 Å². The molecule has 5 nitrogen and oxygen atoms in total. The van der Waals surface area contributed by atoms with Crippen molar-refractivity contribution in [1.29, 1.82) is 0 Å². The van der Waals surface area contributed by atoms with Crippen molar-refractivity contribution in [1.82, 2.24) is 5.32 Å². The predicted octanol–water partition coefficient (Wildman–Crippen LogP) is 2.67. The lowest BCUT2D eigenvalue weighted by atomic mass is 9.99. The number of carbonyl (C=O) groups excluding carboxylic acids is 1. The summed E-state index contributed by atoms with van der Waals surface area (Å²) in [6.45, 7) is 4.47. The van der Waals surface area contributed by atoms with Crippen LogP contribution in [0.1, 0.15) is 28.4 Å². The first-order valence-corrected chi connectivity index (χ1v) is 7.73. The van der Waals surface area contributed by atoms with Crippen LogP contribution in [0.4, 0.5) is 4.39 Å². The molecule has 1 atom stereocenters. The van der Waals surface area contributed by atoms with Gasteiger partial charge < -0.3 is 15.5 Å². The molecule has 0 radical (unpaired) electrons. The molecule has 0 aliphatic heterocycles. The minimum Gasteiger partial charge on any atom is -0.479 e. The Morgan fingerprint density at radius 2 is 1.68 bits per heavy atom. The number of carboxylic acid groups (broad SMARTS) is 1. The van der Waals surface area contributed by atoms with Crippen LogP contribution in [0, 0.1) is 19.7 Å². The standard InChI is InChI=1S/C19H20FNO4/c1-11-4-5-13(8-12(11)2)14-6-7-15(16(20)9-14)17(22)21-10-19(3,25)18(23)24/h4-9,25H,10H2,1-3H3,(H,21,22)(H,23,24). The first-order valence-electron chi connectivity index (χ1n) is 7.73. The van der Waals surface area contributed by atoms with Gasteiger partial charge in [-0.15, -0.1) is 0 Å². The summed E-state index contributed by atoms with van der Waals surface area (Å²) < 4.78 is 14.3. The second-order valence-electron chi connectivity index (χ2n) is 6.26. The quantitative estimate of drug-likeness (QED) is 0.778. The van der Waals surface area contributed by atoms with E-state index in [1.807, 2.05) is 32.0 Å². The molecule has 1 unspecified atom stereocenters. The minimum absolute atomic E-state index is 0.214. The van der Waals surface area contributed by atoms with Crippen LogP contribution in [-0.2, 0) is 4.79 Å². The summed E-state index contributed by atoms with van der Waals surface area (Å²) in [5.41, 5.74) is 1.35. The zero-order valence-electron chi connectivity index (χ0n) is 14.3. The van der Waals surface area contributed by atoms with Crippen LogP contribution in [0.3, 0.4) is 0 Å². The van der Waals surface area contributed by atoms with Gasteiger partial charge in [0.25, 0.3) is 5.91 Å². The van der Waals surface area contributed by atoms with Crippen LogP contribution in [0.15, 0.2) is 36.4 Å². The molecule has 0 saturated heterocycles. The molecule has 0 fully saturated rings. The van der Waals surface area contributed by atoms with Crippen LogP contribution >= 0.6 is 0 Å². The molecule has 0 heterocycles. The van der Waals surface area contributed by atoms with E-state index in [2.05, 4.69) is 5.32 Å². The molecule has 6 heteroatoms. The molecule has 2 aromatic carbocycles. The van der Waals surface area contributed by atoms with Gasteiger partial charge in [0.1, 0.15) is 5.82 Å². The molecule has 2 aromatic rings. The number of aliphatic hydroxyl groups is 1. The summed E-state index contributed by atoms with van der Waals surface area (Å²) in [5, 5.41) is 20.6. The van der Waals surface area contributed by atoms with Crippen molar-refractivity contribution in [3.05, 3.63) is 58.9 Å². The maximum absolute atomic E-state index is 14.3. The Hall–Kier alpha value is -2.73. The Labute approximate surface area is 145 Å². The Bertz CT molecular complexity index is 830. The summed E-state index contributed by atoms with van der Waals surface area (Å²) >= 11 is 0. The van der Waals surface area contributed by atoms with Crippen molar-refractivity contribution < 1.29 is 24.2 Å². The molecule has 0 aromatic heterocycles. The number of aliphatic carboxylic acids is 1. The smallest absolute Gasteiger partial charge is 0.337 e. The topological polar surface area (TPSA) is 86.6 Å². The molecule has 132 valence electrons. The van der Waals surface area contributed by atoms with Gasteiger partial charge in [-0.05, 0) is 55.2 Å². The van der Waals surface area contributed by atoms with E-state index < -0.39 is 29.8 Å². The molecule has 0 aliphatic carbocycles. The van der Waals surface area contributed by atoms with Crippen molar-refractivity contribution in [3.8, 4) is 11.1 Å². The van der Waals surface area contributed by atoms with Gasteiger partial charge in [-0.2, -0.15) is 0 Å². The fourth-order valence-corrected chi connectivity index (χ4v) is 2.22. The van der Waals surface area contributed by atoms with Crippen molar-refractivity contribution in [2.75, 3.05) is 6.54 Å². The molecular formula is C19H20FNO4. The van der Waals surface area contributed by atoms with Gasteiger partial charge in [-0.3, -0.25) is 4.79 Å². The van der Waals surface area contributed by atoms with Crippen molar-refractivity contribution in [2.45, 2.75) is 26.4 Å². The molecule has 0 saturated carbocycles. The lowest BCUT2D eigenvalue weighted by Crippen LogP contribution is -2.46. The highest BCUT2D eigenvalue weighted by Crippen LogP contribution is 2.24. The molecule has 0 bridgehead atoms. The first kappa shape index (κ1) is 18.6. The minimum atomic E-state index is -2.12. The summed E-state index contributed by atoms with van der Waals surface area (Å²) in [6.07, 6.45) is 0. The summed E-state index contributed by atoms with van der Waals surface area (Å²) in [4.78, 5) is 22.8. The number of halogens is 1. The molecule has 25 heavy (non-hydrogen) atoms. The molecule has 2 rings (SSSR count). The van der Waals surface area contributed by atoms with Gasteiger partial charge in [0.05, 0.1) is 12.1 Å². The van der Waals surface area contributed by atoms with E-state index in [0.29, 0.717) is 5.56 Å². The normalized spacial score (nSPS) is 13.2. The maximum atomic E-state index is 14.3. The largest absolute Gasteiger partial charge is 0.479 e. The molecule has 1 amide bonds. The summed E-state index contributed by atoms with van der Waals surface area (Å²) in [6, 6.07) is 9.97. The lowest BCUT2D eigenvalue weighted by Gasteiger charge is -2.18. The van der Waals surface area contributed by atoms with E-state index in [0.717, 1.165) is 23.6 Å². The Morgan fingerprint density at radius 3 is 2.24 bits per heavy atom. The first-order chi connectivity index (χ1) is 11.6. The fourth-order valence-electron chi connectivity index (χ4n) is 2.22. The van der Waals surface area contributed by atoms with Crippen LogP contribution in [-0.4, -0.2) is 34.2 Å². The van der Waals surface area contributed by atoms with Crippen molar-refractivity contribution >= 4 is 11.9 Å². The summed E-state index contributed by atoms with van der Waals surface area (Å²) in [7, 11) is 0. The number of aryl methyl sites for hydroxylation is 2. The van der Waals surface area contributed by atoms with E-state index in [9.17, 15) is 19.1 Å². The molecule has 3 N–H and O–H groups in total. The number of benzene rings is 2. The van der Waals surface area contributed by atoms with Crippen LogP contribution < -0.4 is 5.32 Å². The van der Waals surface area contributed by atoms with Crippen molar-refractivity contribution in [3.63, 3.8) is 0 Å². The Morgan fingerprint density at radius 1 is 1.08 bits per heavy atom. The number of carbonyl (C=O) groups is 2. The van der Waals surface area contributed by atoms with E-state index >= 15 is 0 Å². The number of hydrogen-bond donors (Lipinski definition) is 3. The van der Waals surface area contributed by atoms with E-state index in [4.69, 9.17) is 5.11 Å². The lowest BCUT2D eigenvalue weighted by molar-refractivity contribution is -0.155. The Kier molecular flexibility index (Phi) is 5.23. The number of amides is 1. The van der Waals surface area contributed by atoms with Gasteiger partial charge in [0.15, 0.2) is 5.60 Å². The van der Waals surface area contributed by atoms with Crippen LogP contribution in [0.2, 0.25) is 0 Å². The summed E-state index contributed by atoms with van der Waals surface area (Å²) in [5.74, 6) is -2.98. The maximum Gasteiger partial charge on any atom is 0.337 e. The third-order valence-corrected chi connectivity index (χ3v) is 4.11. The van der Waals surface area contributed by atoms with E-state index in [1.54, 1.807) is 6.07 Å². The monoisotopic (exact) mass is 345 g/mol. The average molecular weight is 345 g/mol. The fraction of sp³-hybridized carbons (Fsp3) is 0.263. The van der Waals surface area contributed by atoms with Gasteiger partial charge in [-0.1, -0.05) is 24.3 Å². The highest BCUT2D eigenvalue weighted by molar-refractivity contribution is 5.95. The zero-order valence-corrected chi connectivity index (χ0v) is 14.3. The van der Waals surface area contributed by atoms with E-state index in [1.165, 1.54) is 12.1 Å². The number of nitrogens with one attached hydrogen (secondary N) is 1. The highest BCUT2D eigenvalue weighted by Gasteiger charge is 2.30. The molecule has 0 aliphatic rings. The van der Waals surface area contributed by atoms with Crippen LogP contribution in [0.25, 0.3) is 11.1 Å². The SMILES string of the molecule is Cc1ccc(-c2ccc(C(=O)NCC(C)(O)C(=O)O)c(F)c2)cc1C. The number of hydrogen-bond acceptors (Lipinski definition) is 3. The third kappa shape index (κ3) is 4.22. The number of carboxylic acids is 1.